The van der Waals surface area contributed by atoms with E-state index >= 15 is 0 Å². The van der Waals surface area contributed by atoms with E-state index in [0.29, 0.717) is 15.6 Å². The molecule has 1 heterocycles. The molecule has 6 heteroatoms. The first-order chi connectivity index (χ1) is 11.1. The summed E-state index contributed by atoms with van der Waals surface area (Å²) in [5.74, 6) is -0.476. The van der Waals surface area contributed by atoms with Crippen LogP contribution in [0.4, 0.5) is 5.69 Å². The average Bonchev–Trinajstić information content (AvgIpc) is 2.57. The third-order valence-electron chi connectivity index (χ3n) is 3.89. The van der Waals surface area contributed by atoms with Gasteiger partial charge in [-0.05, 0) is 23.3 Å². The Balaban J connectivity index is 2.12. The van der Waals surface area contributed by atoms with Gasteiger partial charge in [0.1, 0.15) is 0 Å². The lowest BCUT2D eigenvalue weighted by Crippen LogP contribution is -2.44. The van der Waals surface area contributed by atoms with E-state index in [2.05, 4.69) is 16.3 Å². The largest absolute Gasteiger partial charge is 0.368 e. The third kappa shape index (κ3) is 3.29. The van der Waals surface area contributed by atoms with Crippen LogP contribution in [-0.4, -0.2) is 32.1 Å². The number of hydrogen-bond acceptors (Lipinski definition) is 3. The minimum absolute atomic E-state index is 0.441. The zero-order chi connectivity index (χ0) is 16.4. The molecule has 0 saturated carbocycles. The molecule has 2 aromatic carbocycles. The average molecular weight is 349 g/mol. The highest BCUT2D eigenvalue weighted by Crippen LogP contribution is 2.34. The number of anilines is 1. The number of rotatable bonds is 3. The van der Waals surface area contributed by atoms with Crippen LogP contribution in [0.25, 0.3) is 11.1 Å². The molecule has 0 unspecified atom stereocenters. The van der Waals surface area contributed by atoms with Crippen molar-refractivity contribution < 1.29 is 4.79 Å². The van der Waals surface area contributed by atoms with Crippen molar-refractivity contribution in [3.05, 3.63) is 52.0 Å². The van der Waals surface area contributed by atoms with Crippen molar-refractivity contribution >= 4 is 34.8 Å². The van der Waals surface area contributed by atoms with Crippen molar-refractivity contribution in [2.75, 3.05) is 31.1 Å². The molecule has 119 valence electrons. The Morgan fingerprint density at radius 3 is 2.57 bits per heavy atom. The number of carbonyl (C=O) groups excluding carboxylic acids is 1. The number of hydrogen-bond donors (Lipinski definition) is 2. The standard InChI is InChI=1S/C17H16Cl2N3O/c18-13-5-4-11(10-14(13)19)12-2-1-3-15(16(12)17(20)23)22-8-6-21-7-9-22/h1-2,4-5,10,21H,6-9H2,(H2,20,23). The van der Waals surface area contributed by atoms with Gasteiger partial charge in [0.25, 0.3) is 5.91 Å². The predicted octanol–water partition coefficient (Wildman–Crippen LogP) is 2.97. The van der Waals surface area contributed by atoms with E-state index in [-0.39, 0.29) is 0 Å². The Hall–Kier alpha value is -1.75. The SMILES string of the molecule is NC(=O)c1c(N2CCNCC2)[c]ccc1-c1ccc(Cl)c(Cl)c1. The minimum atomic E-state index is -0.476. The first kappa shape index (κ1) is 16.1. The van der Waals surface area contributed by atoms with E-state index < -0.39 is 5.91 Å². The molecule has 0 spiro atoms. The first-order valence-electron chi connectivity index (χ1n) is 7.33. The van der Waals surface area contributed by atoms with E-state index in [4.69, 9.17) is 28.9 Å². The quantitative estimate of drug-likeness (QED) is 0.896. The Bertz CT molecular complexity index is 743. The van der Waals surface area contributed by atoms with Crippen LogP contribution in [0.5, 0.6) is 0 Å². The summed E-state index contributed by atoms with van der Waals surface area (Å²) in [5.41, 5.74) is 8.41. The topological polar surface area (TPSA) is 58.4 Å². The molecule has 0 atom stereocenters. The Morgan fingerprint density at radius 1 is 1.17 bits per heavy atom. The summed E-state index contributed by atoms with van der Waals surface area (Å²) in [5, 5.41) is 4.20. The lowest BCUT2D eigenvalue weighted by atomic mass is 9.97. The number of carbonyl (C=O) groups is 1. The molecule has 1 aliphatic heterocycles. The fourth-order valence-corrected chi connectivity index (χ4v) is 3.08. The number of primary amides is 1. The van der Waals surface area contributed by atoms with Gasteiger partial charge >= 0.3 is 0 Å². The van der Waals surface area contributed by atoms with Gasteiger partial charge in [-0.15, -0.1) is 0 Å². The molecule has 1 radical (unpaired) electrons. The normalized spacial score (nSPS) is 14.8. The molecular formula is C17H16Cl2N3O. The number of benzene rings is 2. The zero-order valence-corrected chi connectivity index (χ0v) is 13.9. The molecule has 1 amide bonds. The summed E-state index contributed by atoms with van der Waals surface area (Å²) in [7, 11) is 0. The van der Waals surface area contributed by atoms with E-state index in [1.807, 2.05) is 18.2 Å². The van der Waals surface area contributed by atoms with Crippen LogP contribution in [-0.2, 0) is 0 Å². The molecule has 1 saturated heterocycles. The van der Waals surface area contributed by atoms with Crippen LogP contribution in [0.2, 0.25) is 10.0 Å². The van der Waals surface area contributed by atoms with Crippen molar-refractivity contribution in [2.24, 2.45) is 5.73 Å². The number of amides is 1. The van der Waals surface area contributed by atoms with Crippen LogP contribution >= 0.6 is 23.2 Å². The van der Waals surface area contributed by atoms with Gasteiger partial charge < -0.3 is 16.0 Å². The lowest BCUT2D eigenvalue weighted by Gasteiger charge is -2.31. The monoisotopic (exact) mass is 348 g/mol. The Kier molecular flexibility index (Phi) is 4.76. The van der Waals surface area contributed by atoms with Gasteiger partial charge in [-0.3, -0.25) is 4.79 Å². The second kappa shape index (κ2) is 6.79. The molecule has 0 aromatic heterocycles. The number of halogens is 2. The summed E-state index contributed by atoms with van der Waals surface area (Å²) in [6, 6.07) is 12.1. The van der Waals surface area contributed by atoms with Crippen LogP contribution in [0.3, 0.4) is 0 Å². The Labute approximate surface area is 145 Å². The van der Waals surface area contributed by atoms with Gasteiger partial charge in [-0.1, -0.05) is 41.4 Å². The van der Waals surface area contributed by atoms with Crippen molar-refractivity contribution in [3.8, 4) is 11.1 Å². The molecular weight excluding hydrogens is 333 g/mol. The lowest BCUT2D eigenvalue weighted by molar-refractivity contribution is 0.100. The van der Waals surface area contributed by atoms with Gasteiger partial charge in [0.15, 0.2) is 0 Å². The summed E-state index contributed by atoms with van der Waals surface area (Å²) in [6.07, 6.45) is 0. The van der Waals surface area contributed by atoms with E-state index in [0.717, 1.165) is 43.0 Å². The van der Waals surface area contributed by atoms with Crippen molar-refractivity contribution in [3.63, 3.8) is 0 Å². The van der Waals surface area contributed by atoms with Crippen molar-refractivity contribution in [2.45, 2.75) is 0 Å². The van der Waals surface area contributed by atoms with E-state index in [1.54, 1.807) is 12.1 Å². The number of piperazine rings is 1. The van der Waals surface area contributed by atoms with Crippen LogP contribution in [0.15, 0.2) is 30.3 Å². The first-order valence-corrected chi connectivity index (χ1v) is 8.09. The van der Waals surface area contributed by atoms with Gasteiger partial charge in [0, 0.05) is 32.2 Å². The summed E-state index contributed by atoms with van der Waals surface area (Å²) in [6.45, 7) is 3.34. The van der Waals surface area contributed by atoms with Gasteiger partial charge in [-0.2, -0.15) is 0 Å². The van der Waals surface area contributed by atoms with Crippen LogP contribution < -0.4 is 16.0 Å². The number of nitrogens with one attached hydrogen (secondary N) is 1. The summed E-state index contributed by atoms with van der Waals surface area (Å²) in [4.78, 5) is 14.2. The highest BCUT2D eigenvalue weighted by molar-refractivity contribution is 6.42. The highest BCUT2D eigenvalue weighted by atomic mass is 35.5. The van der Waals surface area contributed by atoms with Gasteiger partial charge in [0.05, 0.1) is 21.3 Å². The maximum Gasteiger partial charge on any atom is 0.251 e. The second-order valence-electron chi connectivity index (χ2n) is 5.35. The molecule has 3 N–H and O–H groups in total. The Morgan fingerprint density at radius 2 is 1.91 bits per heavy atom. The molecule has 1 aliphatic rings. The molecule has 0 aliphatic carbocycles. The molecule has 1 fully saturated rings. The predicted molar refractivity (Wildman–Crippen MR) is 94.3 cm³/mol. The maximum absolute atomic E-state index is 12.1. The third-order valence-corrected chi connectivity index (χ3v) is 4.63. The van der Waals surface area contributed by atoms with Crippen molar-refractivity contribution in [1.29, 1.82) is 0 Å². The molecule has 4 nitrogen and oxygen atoms in total. The molecule has 0 bridgehead atoms. The highest BCUT2D eigenvalue weighted by Gasteiger charge is 2.21. The number of nitrogens with two attached hydrogens (primary N) is 1. The number of nitrogens with zero attached hydrogens (tertiary/aromatic N) is 1. The summed E-state index contributed by atoms with van der Waals surface area (Å²) >= 11 is 12.1. The van der Waals surface area contributed by atoms with Crippen molar-refractivity contribution in [1.82, 2.24) is 5.32 Å². The van der Waals surface area contributed by atoms with Crippen LogP contribution in [0, 0.1) is 6.07 Å². The van der Waals surface area contributed by atoms with E-state index in [9.17, 15) is 4.79 Å². The van der Waals surface area contributed by atoms with Gasteiger partial charge in [-0.25, -0.2) is 0 Å². The zero-order valence-electron chi connectivity index (χ0n) is 12.4. The smallest absolute Gasteiger partial charge is 0.251 e. The maximum atomic E-state index is 12.1. The summed E-state index contributed by atoms with van der Waals surface area (Å²) < 4.78 is 0. The van der Waals surface area contributed by atoms with E-state index in [1.165, 1.54) is 0 Å². The molecule has 2 aromatic rings. The van der Waals surface area contributed by atoms with Crippen LogP contribution in [0.1, 0.15) is 10.4 Å². The van der Waals surface area contributed by atoms with Gasteiger partial charge in [0.2, 0.25) is 0 Å². The minimum Gasteiger partial charge on any atom is -0.368 e. The second-order valence-corrected chi connectivity index (χ2v) is 6.16. The fraction of sp³-hybridized carbons (Fsp3) is 0.235. The molecule has 3 rings (SSSR count). The molecule has 23 heavy (non-hydrogen) atoms. The fourth-order valence-electron chi connectivity index (χ4n) is 2.78.